The predicted octanol–water partition coefficient (Wildman–Crippen LogP) is 5.06. The summed E-state index contributed by atoms with van der Waals surface area (Å²) in [6, 6.07) is 5.06. The third-order valence-electron chi connectivity index (χ3n) is 5.65. The molecular formula is C18H25BrFN. The molecule has 2 aliphatic carbocycles. The maximum Gasteiger partial charge on any atom is 0.123 e. The van der Waals surface area contributed by atoms with Gasteiger partial charge in [-0.25, -0.2) is 4.39 Å². The Balaban J connectivity index is 1.62. The van der Waals surface area contributed by atoms with Gasteiger partial charge in [0.15, 0.2) is 0 Å². The maximum absolute atomic E-state index is 13.4. The lowest BCUT2D eigenvalue weighted by atomic mass is 9.66. The van der Waals surface area contributed by atoms with Crippen LogP contribution in [0.25, 0.3) is 0 Å². The average Bonchev–Trinajstić information content (AvgIpc) is 2.50. The van der Waals surface area contributed by atoms with Crippen molar-refractivity contribution in [1.82, 2.24) is 0 Å². The Morgan fingerprint density at radius 3 is 2.71 bits per heavy atom. The second-order valence-electron chi connectivity index (χ2n) is 6.98. The lowest BCUT2D eigenvalue weighted by Gasteiger charge is -2.41. The summed E-state index contributed by atoms with van der Waals surface area (Å²) in [5.74, 6) is 2.30. The monoisotopic (exact) mass is 353 g/mol. The number of nitrogens with two attached hydrogens (primary N) is 1. The number of benzene rings is 1. The van der Waals surface area contributed by atoms with Crippen molar-refractivity contribution in [2.45, 2.75) is 57.4 Å². The van der Waals surface area contributed by atoms with Gasteiger partial charge in [-0.1, -0.05) is 41.6 Å². The Hall–Kier alpha value is -0.410. The van der Waals surface area contributed by atoms with E-state index in [2.05, 4.69) is 15.9 Å². The van der Waals surface area contributed by atoms with Gasteiger partial charge in [-0.2, -0.15) is 0 Å². The molecule has 0 saturated heterocycles. The van der Waals surface area contributed by atoms with E-state index in [1.807, 2.05) is 0 Å². The number of rotatable bonds is 3. The van der Waals surface area contributed by atoms with Gasteiger partial charge in [-0.15, -0.1) is 0 Å². The normalized spacial score (nSPS) is 30.7. The van der Waals surface area contributed by atoms with Gasteiger partial charge in [0.1, 0.15) is 5.82 Å². The summed E-state index contributed by atoms with van der Waals surface area (Å²) >= 11 is 3.52. The van der Waals surface area contributed by atoms with Gasteiger partial charge < -0.3 is 5.73 Å². The predicted molar refractivity (Wildman–Crippen MR) is 88.6 cm³/mol. The highest BCUT2D eigenvalue weighted by atomic mass is 79.9. The van der Waals surface area contributed by atoms with E-state index in [0.717, 1.165) is 28.3 Å². The minimum atomic E-state index is -0.170. The fourth-order valence-corrected chi connectivity index (χ4v) is 4.83. The molecular weight excluding hydrogens is 329 g/mol. The van der Waals surface area contributed by atoms with E-state index in [0.29, 0.717) is 5.92 Å². The van der Waals surface area contributed by atoms with Crippen LogP contribution in [0.1, 0.15) is 50.5 Å². The van der Waals surface area contributed by atoms with Crippen molar-refractivity contribution in [2.75, 3.05) is 0 Å². The number of hydrogen-bond donors (Lipinski definition) is 1. The van der Waals surface area contributed by atoms with Gasteiger partial charge in [-0.05, 0) is 67.2 Å². The van der Waals surface area contributed by atoms with Crippen LogP contribution < -0.4 is 5.73 Å². The minimum absolute atomic E-state index is 0.158. The topological polar surface area (TPSA) is 26.0 Å². The van der Waals surface area contributed by atoms with Crippen molar-refractivity contribution >= 4 is 15.9 Å². The number of halogens is 2. The molecule has 3 rings (SSSR count). The summed E-state index contributed by atoms with van der Waals surface area (Å²) in [4.78, 5) is 0. The van der Waals surface area contributed by atoms with Crippen LogP contribution in [0.2, 0.25) is 0 Å². The van der Waals surface area contributed by atoms with Crippen LogP contribution in [0.15, 0.2) is 22.7 Å². The Bertz CT molecular complexity index is 490. The molecule has 4 unspecified atom stereocenters. The van der Waals surface area contributed by atoms with Crippen LogP contribution in [0, 0.1) is 23.6 Å². The number of fused-ring (bicyclic) bond motifs is 1. The molecule has 0 amide bonds. The molecule has 2 saturated carbocycles. The zero-order chi connectivity index (χ0) is 14.8. The standard InChI is InChI=1S/C18H25BrFN/c19-17-8-7-16(20)10-15(17)11-18(21)14-6-5-12-3-1-2-4-13(12)9-14/h7-8,10,12-14,18H,1-6,9,11,21H2. The lowest BCUT2D eigenvalue weighted by molar-refractivity contribution is 0.117. The molecule has 0 aliphatic heterocycles. The van der Waals surface area contributed by atoms with Crippen molar-refractivity contribution in [2.24, 2.45) is 23.5 Å². The largest absolute Gasteiger partial charge is 0.327 e. The fraction of sp³-hybridized carbons (Fsp3) is 0.667. The van der Waals surface area contributed by atoms with Gasteiger partial charge in [0.2, 0.25) is 0 Å². The van der Waals surface area contributed by atoms with Crippen LogP contribution in [0.3, 0.4) is 0 Å². The van der Waals surface area contributed by atoms with E-state index in [1.54, 1.807) is 12.1 Å². The third kappa shape index (κ3) is 3.68. The molecule has 1 nitrogen and oxygen atoms in total. The van der Waals surface area contributed by atoms with Crippen LogP contribution >= 0.6 is 15.9 Å². The Morgan fingerprint density at radius 1 is 1.14 bits per heavy atom. The molecule has 2 N–H and O–H groups in total. The molecule has 0 aromatic heterocycles. The molecule has 2 fully saturated rings. The molecule has 0 heterocycles. The van der Waals surface area contributed by atoms with Crippen LogP contribution in [0.4, 0.5) is 4.39 Å². The first-order valence-electron chi connectivity index (χ1n) is 8.33. The van der Waals surface area contributed by atoms with Crippen LogP contribution in [-0.2, 0) is 6.42 Å². The van der Waals surface area contributed by atoms with E-state index in [4.69, 9.17) is 5.73 Å². The van der Waals surface area contributed by atoms with Crippen molar-refractivity contribution in [3.63, 3.8) is 0 Å². The Morgan fingerprint density at radius 2 is 1.90 bits per heavy atom. The third-order valence-corrected chi connectivity index (χ3v) is 6.42. The first-order valence-corrected chi connectivity index (χ1v) is 9.12. The molecule has 0 spiro atoms. The zero-order valence-corrected chi connectivity index (χ0v) is 14.1. The highest BCUT2D eigenvalue weighted by Gasteiger charge is 2.34. The molecule has 1 aromatic carbocycles. The van der Waals surface area contributed by atoms with E-state index in [1.165, 1.54) is 51.0 Å². The molecule has 21 heavy (non-hydrogen) atoms. The average molecular weight is 354 g/mol. The summed E-state index contributed by atoms with van der Waals surface area (Å²) in [7, 11) is 0. The molecule has 0 bridgehead atoms. The van der Waals surface area contributed by atoms with Crippen molar-refractivity contribution in [1.29, 1.82) is 0 Å². The maximum atomic E-state index is 13.4. The van der Waals surface area contributed by atoms with Crippen molar-refractivity contribution in [3.05, 3.63) is 34.1 Å². The second-order valence-corrected chi connectivity index (χ2v) is 7.84. The summed E-state index contributed by atoms with van der Waals surface area (Å²) < 4.78 is 14.4. The first-order chi connectivity index (χ1) is 10.1. The summed E-state index contributed by atoms with van der Waals surface area (Å²) in [6.07, 6.45) is 10.3. The van der Waals surface area contributed by atoms with E-state index in [9.17, 15) is 4.39 Å². The molecule has 1 aromatic rings. The quantitative estimate of drug-likeness (QED) is 0.806. The Kier molecular flexibility index (Phi) is 5.00. The molecule has 116 valence electrons. The highest BCUT2D eigenvalue weighted by Crippen LogP contribution is 2.43. The SMILES string of the molecule is NC(Cc1cc(F)ccc1Br)C1CCC2CCCCC2C1. The fourth-order valence-electron chi connectivity index (χ4n) is 4.42. The van der Waals surface area contributed by atoms with Gasteiger partial charge in [-0.3, -0.25) is 0 Å². The minimum Gasteiger partial charge on any atom is -0.327 e. The van der Waals surface area contributed by atoms with E-state index >= 15 is 0 Å². The smallest absolute Gasteiger partial charge is 0.123 e. The van der Waals surface area contributed by atoms with Gasteiger partial charge >= 0.3 is 0 Å². The van der Waals surface area contributed by atoms with Crippen molar-refractivity contribution in [3.8, 4) is 0 Å². The summed E-state index contributed by atoms with van der Waals surface area (Å²) in [5.41, 5.74) is 7.49. The van der Waals surface area contributed by atoms with Crippen molar-refractivity contribution < 1.29 is 4.39 Å². The summed E-state index contributed by atoms with van der Waals surface area (Å²) in [6.45, 7) is 0. The number of hydrogen-bond acceptors (Lipinski definition) is 1. The van der Waals surface area contributed by atoms with Gasteiger partial charge in [0.05, 0.1) is 0 Å². The van der Waals surface area contributed by atoms with Crippen LogP contribution in [-0.4, -0.2) is 6.04 Å². The first kappa shape index (κ1) is 15.5. The van der Waals surface area contributed by atoms with Gasteiger partial charge in [0, 0.05) is 10.5 Å². The molecule has 4 atom stereocenters. The molecule has 0 radical (unpaired) electrons. The zero-order valence-electron chi connectivity index (χ0n) is 12.5. The van der Waals surface area contributed by atoms with E-state index in [-0.39, 0.29) is 11.9 Å². The second kappa shape index (κ2) is 6.78. The van der Waals surface area contributed by atoms with Crippen LogP contribution in [0.5, 0.6) is 0 Å². The van der Waals surface area contributed by atoms with Gasteiger partial charge in [0.25, 0.3) is 0 Å². The highest BCUT2D eigenvalue weighted by molar-refractivity contribution is 9.10. The molecule has 3 heteroatoms. The Labute approximate surface area is 135 Å². The molecule has 2 aliphatic rings. The van der Waals surface area contributed by atoms with E-state index < -0.39 is 0 Å². The summed E-state index contributed by atoms with van der Waals surface area (Å²) in [5, 5.41) is 0. The lowest BCUT2D eigenvalue weighted by Crippen LogP contribution is -2.39.